The standard InChI is InChI=1S/C12H25N3O2/c1-4-13-11(12(16)17-3)10-15-8-6-14(5-2)7-9-15/h11,13H,4-10H2,1-3H3. The van der Waals surface area contributed by atoms with Gasteiger partial charge in [-0.3, -0.25) is 9.69 Å². The SMILES string of the molecule is CCNC(CN1CCN(CC)CC1)C(=O)OC. The lowest BCUT2D eigenvalue weighted by molar-refractivity contribution is -0.143. The minimum absolute atomic E-state index is 0.162. The summed E-state index contributed by atoms with van der Waals surface area (Å²) in [4.78, 5) is 16.3. The van der Waals surface area contributed by atoms with Crippen molar-refractivity contribution in [1.29, 1.82) is 0 Å². The van der Waals surface area contributed by atoms with Gasteiger partial charge in [-0.1, -0.05) is 13.8 Å². The van der Waals surface area contributed by atoms with Crippen molar-refractivity contribution in [3.63, 3.8) is 0 Å². The fourth-order valence-electron chi connectivity index (χ4n) is 2.16. The molecule has 1 N–H and O–H groups in total. The summed E-state index contributed by atoms with van der Waals surface area (Å²) in [7, 11) is 1.45. The van der Waals surface area contributed by atoms with Crippen LogP contribution in [0.4, 0.5) is 0 Å². The van der Waals surface area contributed by atoms with Crippen molar-refractivity contribution in [2.75, 3.05) is 52.9 Å². The third-order valence-electron chi connectivity index (χ3n) is 3.29. The molecule has 0 radical (unpaired) electrons. The van der Waals surface area contributed by atoms with Gasteiger partial charge in [0.15, 0.2) is 0 Å². The first-order valence-electron chi connectivity index (χ1n) is 6.47. The molecule has 5 nitrogen and oxygen atoms in total. The molecule has 0 aromatic heterocycles. The normalized spacial score (nSPS) is 20.2. The number of nitrogens with one attached hydrogen (secondary N) is 1. The number of nitrogens with zero attached hydrogens (tertiary/aromatic N) is 2. The maximum Gasteiger partial charge on any atom is 0.324 e. The molecule has 1 rings (SSSR count). The monoisotopic (exact) mass is 243 g/mol. The van der Waals surface area contributed by atoms with E-state index < -0.39 is 0 Å². The van der Waals surface area contributed by atoms with E-state index in [2.05, 4.69) is 22.0 Å². The molecular weight excluding hydrogens is 218 g/mol. The Balaban J connectivity index is 2.37. The third-order valence-corrected chi connectivity index (χ3v) is 3.29. The predicted octanol–water partition coefficient (Wildman–Crippen LogP) is -0.225. The Morgan fingerprint density at radius 2 is 1.82 bits per heavy atom. The van der Waals surface area contributed by atoms with Crippen LogP contribution in [-0.2, 0) is 9.53 Å². The van der Waals surface area contributed by atoms with Gasteiger partial charge in [0.1, 0.15) is 6.04 Å². The lowest BCUT2D eigenvalue weighted by Gasteiger charge is -2.35. The largest absolute Gasteiger partial charge is 0.468 e. The zero-order valence-electron chi connectivity index (χ0n) is 11.2. The molecule has 0 spiro atoms. The molecule has 1 unspecified atom stereocenters. The number of carbonyl (C=O) groups excluding carboxylic acids is 1. The quantitative estimate of drug-likeness (QED) is 0.653. The average molecular weight is 243 g/mol. The second-order valence-corrected chi connectivity index (χ2v) is 4.37. The van der Waals surface area contributed by atoms with Crippen LogP contribution in [0.3, 0.4) is 0 Å². The summed E-state index contributed by atoms with van der Waals surface area (Å²) < 4.78 is 4.81. The lowest BCUT2D eigenvalue weighted by Crippen LogP contribution is -2.52. The number of piperazine rings is 1. The van der Waals surface area contributed by atoms with Crippen molar-refractivity contribution in [2.24, 2.45) is 0 Å². The molecule has 17 heavy (non-hydrogen) atoms. The van der Waals surface area contributed by atoms with Crippen molar-refractivity contribution in [1.82, 2.24) is 15.1 Å². The van der Waals surface area contributed by atoms with Crippen LogP contribution in [0, 0.1) is 0 Å². The number of ether oxygens (including phenoxy) is 1. The Morgan fingerprint density at radius 3 is 2.29 bits per heavy atom. The molecule has 1 atom stereocenters. The van der Waals surface area contributed by atoms with Crippen molar-refractivity contribution in [2.45, 2.75) is 19.9 Å². The van der Waals surface area contributed by atoms with E-state index in [0.29, 0.717) is 0 Å². The first-order valence-corrected chi connectivity index (χ1v) is 6.47. The second kappa shape index (κ2) is 7.63. The zero-order chi connectivity index (χ0) is 12.7. The summed E-state index contributed by atoms with van der Waals surface area (Å²) in [5, 5.41) is 3.18. The number of rotatable bonds is 6. The van der Waals surface area contributed by atoms with Gasteiger partial charge < -0.3 is 15.0 Å². The molecule has 1 aliphatic heterocycles. The van der Waals surface area contributed by atoms with Crippen LogP contribution in [0.2, 0.25) is 0 Å². The summed E-state index contributed by atoms with van der Waals surface area (Å²) >= 11 is 0. The fourth-order valence-corrected chi connectivity index (χ4v) is 2.16. The van der Waals surface area contributed by atoms with Gasteiger partial charge >= 0.3 is 5.97 Å². The van der Waals surface area contributed by atoms with E-state index in [-0.39, 0.29) is 12.0 Å². The fraction of sp³-hybridized carbons (Fsp3) is 0.917. The molecular formula is C12H25N3O2. The van der Waals surface area contributed by atoms with Crippen molar-refractivity contribution >= 4 is 5.97 Å². The van der Waals surface area contributed by atoms with E-state index in [9.17, 15) is 4.79 Å². The first-order chi connectivity index (χ1) is 8.21. The predicted molar refractivity (Wildman–Crippen MR) is 68.0 cm³/mol. The van der Waals surface area contributed by atoms with Crippen molar-refractivity contribution in [3.05, 3.63) is 0 Å². The van der Waals surface area contributed by atoms with Gasteiger partial charge in [-0.15, -0.1) is 0 Å². The molecule has 0 saturated carbocycles. The Kier molecular flexibility index (Phi) is 6.47. The van der Waals surface area contributed by atoms with E-state index in [1.165, 1.54) is 7.11 Å². The number of likely N-dealkylation sites (N-methyl/N-ethyl adjacent to an activating group) is 2. The molecule has 1 heterocycles. The Morgan fingerprint density at radius 1 is 1.24 bits per heavy atom. The average Bonchev–Trinajstić information content (AvgIpc) is 2.38. The highest BCUT2D eigenvalue weighted by Gasteiger charge is 2.23. The number of carbonyl (C=O) groups is 1. The van der Waals surface area contributed by atoms with Crippen LogP contribution in [0.25, 0.3) is 0 Å². The van der Waals surface area contributed by atoms with Gasteiger partial charge in [-0.05, 0) is 13.1 Å². The molecule has 0 aliphatic carbocycles. The molecule has 0 bridgehead atoms. The minimum atomic E-state index is -0.196. The molecule has 1 aliphatic rings. The van der Waals surface area contributed by atoms with Crippen molar-refractivity contribution in [3.8, 4) is 0 Å². The van der Waals surface area contributed by atoms with Gasteiger partial charge in [-0.25, -0.2) is 0 Å². The van der Waals surface area contributed by atoms with Crippen LogP contribution >= 0.6 is 0 Å². The van der Waals surface area contributed by atoms with E-state index in [0.717, 1.165) is 45.8 Å². The molecule has 1 saturated heterocycles. The molecule has 0 amide bonds. The molecule has 5 heteroatoms. The smallest absolute Gasteiger partial charge is 0.324 e. The molecule has 1 fully saturated rings. The van der Waals surface area contributed by atoms with Gasteiger partial charge in [0.2, 0.25) is 0 Å². The maximum absolute atomic E-state index is 11.6. The zero-order valence-corrected chi connectivity index (χ0v) is 11.2. The van der Waals surface area contributed by atoms with Crippen LogP contribution in [0.5, 0.6) is 0 Å². The summed E-state index contributed by atoms with van der Waals surface area (Å²) in [6.45, 7) is 11.1. The summed E-state index contributed by atoms with van der Waals surface area (Å²) in [5.41, 5.74) is 0. The number of methoxy groups -OCH3 is 1. The first kappa shape index (κ1) is 14.4. The number of esters is 1. The van der Waals surface area contributed by atoms with Crippen LogP contribution in [0.1, 0.15) is 13.8 Å². The van der Waals surface area contributed by atoms with Gasteiger partial charge in [0.05, 0.1) is 7.11 Å². The number of hydrogen-bond donors (Lipinski definition) is 1. The van der Waals surface area contributed by atoms with E-state index in [1.807, 2.05) is 6.92 Å². The minimum Gasteiger partial charge on any atom is -0.468 e. The topological polar surface area (TPSA) is 44.8 Å². The van der Waals surface area contributed by atoms with E-state index in [4.69, 9.17) is 4.74 Å². The lowest BCUT2D eigenvalue weighted by atomic mass is 10.2. The second-order valence-electron chi connectivity index (χ2n) is 4.37. The van der Waals surface area contributed by atoms with Crippen molar-refractivity contribution < 1.29 is 9.53 Å². The summed E-state index contributed by atoms with van der Waals surface area (Å²) in [5.74, 6) is -0.162. The molecule has 0 aromatic carbocycles. The maximum atomic E-state index is 11.6. The highest BCUT2D eigenvalue weighted by molar-refractivity contribution is 5.75. The Labute approximate surface area is 104 Å². The number of hydrogen-bond acceptors (Lipinski definition) is 5. The highest BCUT2D eigenvalue weighted by Crippen LogP contribution is 2.03. The van der Waals surface area contributed by atoms with Crippen LogP contribution in [-0.4, -0.2) is 74.7 Å². The summed E-state index contributed by atoms with van der Waals surface area (Å²) in [6.07, 6.45) is 0. The van der Waals surface area contributed by atoms with E-state index >= 15 is 0 Å². The van der Waals surface area contributed by atoms with E-state index in [1.54, 1.807) is 0 Å². The highest BCUT2D eigenvalue weighted by atomic mass is 16.5. The van der Waals surface area contributed by atoms with Gasteiger partial charge in [0.25, 0.3) is 0 Å². The third kappa shape index (κ3) is 4.61. The Hall–Kier alpha value is -0.650. The van der Waals surface area contributed by atoms with Gasteiger partial charge in [-0.2, -0.15) is 0 Å². The molecule has 0 aromatic rings. The van der Waals surface area contributed by atoms with Crippen LogP contribution < -0.4 is 5.32 Å². The Bertz CT molecular complexity index is 228. The summed E-state index contributed by atoms with van der Waals surface area (Å²) in [6, 6.07) is -0.196. The molecule has 100 valence electrons. The van der Waals surface area contributed by atoms with Crippen LogP contribution in [0.15, 0.2) is 0 Å². The van der Waals surface area contributed by atoms with Gasteiger partial charge in [0, 0.05) is 32.7 Å².